The van der Waals surface area contributed by atoms with E-state index in [2.05, 4.69) is 50.0 Å². The Hall–Kier alpha value is -0.470. The topological polar surface area (TPSA) is 12.0 Å². The van der Waals surface area contributed by atoms with Crippen LogP contribution in [0.5, 0.6) is 0 Å². The first-order valence-corrected chi connectivity index (χ1v) is 5.71. The quantitative estimate of drug-likeness (QED) is 0.674. The fraction of sp³-hybridized carbons (Fsp3) is 0.500. The third-order valence-electron chi connectivity index (χ3n) is 2.88. The van der Waals surface area contributed by atoms with Gasteiger partial charge in [0.1, 0.15) is 0 Å². The largest absolute Gasteiger partial charge is 0.309 e. The van der Waals surface area contributed by atoms with Crippen molar-refractivity contribution in [3.63, 3.8) is 0 Å². The molecule has 0 amide bonds. The Morgan fingerprint density at radius 3 is 3.00 bits per heavy atom. The zero-order valence-corrected chi connectivity index (χ0v) is 9.64. The van der Waals surface area contributed by atoms with Crippen molar-refractivity contribution >= 4 is 12.6 Å². The minimum absolute atomic E-state index is 0.371. The fourth-order valence-corrected chi connectivity index (χ4v) is 2.40. The standard InChI is InChI=1S/C12H17NS/c1-8-3-4-10-5-6-13-12(9(2)14)11(10)7-8/h3-4,7,9,12-14H,5-6H2,1-2H3. The summed E-state index contributed by atoms with van der Waals surface area (Å²) in [6.07, 6.45) is 1.15. The van der Waals surface area contributed by atoms with Gasteiger partial charge in [0.15, 0.2) is 0 Å². The summed E-state index contributed by atoms with van der Waals surface area (Å²) in [5.74, 6) is 0. The fourth-order valence-electron chi connectivity index (χ4n) is 2.13. The van der Waals surface area contributed by atoms with Crippen molar-refractivity contribution in [2.24, 2.45) is 0 Å². The number of aryl methyl sites for hydroxylation is 1. The molecular formula is C12H17NS. The SMILES string of the molecule is Cc1ccc2c(c1)C(C(C)S)NCC2. The molecule has 0 saturated carbocycles. The molecule has 1 nitrogen and oxygen atoms in total. The molecule has 1 aliphatic rings. The smallest absolute Gasteiger partial charge is 0.0438 e. The Kier molecular flexibility index (Phi) is 2.84. The van der Waals surface area contributed by atoms with Crippen LogP contribution < -0.4 is 5.32 Å². The van der Waals surface area contributed by atoms with Gasteiger partial charge in [0, 0.05) is 11.3 Å². The lowest BCUT2D eigenvalue weighted by atomic mass is 9.91. The molecule has 2 heteroatoms. The molecule has 0 bridgehead atoms. The number of rotatable bonds is 1. The molecule has 1 N–H and O–H groups in total. The van der Waals surface area contributed by atoms with Crippen LogP contribution in [0, 0.1) is 6.92 Å². The highest BCUT2D eigenvalue weighted by Gasteiger charge is 2.22. The third kappa shape index (κ3) is 1.82. The van der Waals surface area contributed by atoms with Crippen molar-refractivity contribution in [3.05, 3.63) is 34.9 Å². The van der Waals surface area contributed by atoms with Crippen LogP contribution >= 0.6 is 12.6 Å². The molecule has 1 aromatic carbocycles. The van der Waals surface area contributed by atoms with Gasteiger partial charge in [-0.2, -0.15) is 12.6 Å². The molecule has 0 fully saturated rings. The highest BCUT2D eigenvalue weighted by molar-refractivity contribution is 7.81. The molecule has 1 aliphatic heterocycles. The minimum Gasteiger partial charge on any atom is -0.309 e. The van der Waals surface area contributed by atoms with E-state index in [0.29, 0.717) is 11.3 Å². The Bertz CT molecular complexity index is 333. The molecule has 1 heterocycles. The van der Waals surface area contributed by atoms with Gasteiger partial charge in [0.25, 0.3) is 0 Å². The Labute approximate surface area is 91.3 Å². The van der Waals surface area contributed by atoms with Crippen molar-refractivity contribution in [1.82, 2.24) is 5.32 Å². The Balaban J connectivity index is 2.41. The van der Waals surface area contributed by atoms with Crippen LogP contribution in [0.15, 0.2) is 18.2 Å². The van der Waals surface area contributed by atoms with Crippen LogP contribution in [0.4, 0.5) is 0 Å². The summed E-state index contributed by atoms with van der Waals surface area (Å²) in [5, 5.41) is 3.90. The molecule has 0 aromatic heterocycles. The highest BCUT2D eigenvalue weighted by atomic mass is 32.1. The molecule has 1 aromatic rings. The summed E-state index contributed by atoms with van der Waals surface area (Å²) in [6, 6.07) is 7.17. The van der Waals surface area contributed by atoms with Gasteiger partial charge in [-0.05, 0) is 31.0 Å². The first-order valence-electron chi connectivity index (χ1n) is 5.19. The Morgan fingerprint density at radius 1 is 1.50 bits per heavy atom. The van der Waals surface area contributed by atoms with E-state index in [1.807, 2.05) is 0 Å². The van der Waals surface area contributed by atoms with Crippen LogP contribution in [-0.4, -0.2) is 11.8 Å². The van der Waals surface area contributed by atoms with Crippen molar-refractivity contribution < 1.29 is 0 Å². The maximum Gasteiger partial charge on any atom is 0.0438 e. The first kappa shape index (κ1) is 10.1. The van der Waals surface area contributed by atoms with Gasteiger partial charge in [-0.15, -0.1) is 0 Å². The molecule has 0 spiro atoms. The van der Waals surface area contributed by atoms with Gasteiger partial charge in [-0.3, -0.25) is 0 Å². The van der Waals surface area contributed by atoms with E-state index >= 15 is 0 Å². The minimum atomic E-state index is 0.371. The van der Waals surface area contributed by atoms with Crippen LogP contribution in [0.25, 0.3) is 0 Å². The second-order valence-corrected chi connectivity index (χ2v) is 4.94. The summed E-state index contributed by atoms with van der Waals surface area (Å²) in [7, 11) is 0. The van der Waals surface area contributed by atoms with E-state index in [4.69, 9.17) is 0 Å². The van der Waals surface area contributed by atoms with E-state index in [1.54, 1.807) is 0 Å². The number of hydrogen-bond donors (Lipinski definition) is 2. The summed E-state index contributed by atoms with van der Waals surface area (Å²) in [6.45, 7) is 5.37. The molecule has 2 atom stereocenters. The van der Waals surface area contributed by atoms with Crippen LogP contribution in [0.1, 0.15) is 29.7 Å². The summed E-state index contributed by atoms with van der Waals surface area (Å²) in [5.41, 5.74) is 4.27. The van der Waals surface area contributed by atoms with Crippen LogP contribution in [0.3, 0.4) is 0 Å². The van der Waals surface area contributed by atoms with E-state index < -0.39 is 0 Å². The zero-order chi connectivity index (χ0) is 10.1. The number of hydrogen-bond acceptors (Lipinski definition) is 2. The van der Waals surface area contributed by atoms with Crippen LogP contribution in [-0.2, 0) is 6.42 Å². The molecular weight excluding hydrogens is 190 g/mol. The predicted molar refractivity (Wildman–Crippen MR) is 64.1 cm³/mol. The lowest BCUT2D eigenvalue weighted by molar-refractivity contribution is 0.503. The highest BCUT2D eigenvalue weighted by Crippen LogP contribution is 2.28. The van der Waals surface area contributed by atoms with Gasteiger partial charge in [0.05, 0.1) is 0 Å². The molecule has 76 valence electrons. The average molecular weight is 207 g/mol. The first-order chi connectivity index (χ1) is 6.68. The maximum atomic E-state index is 4.54. The molecule has 0 radical (unpaired) electrons. The molecule has 2 unspecified atom stereocenters. The molecule has 14 heavy (non-hydrogen) atoms. The zero-order valence-electron chi connectivity index (χ0n) is 8.75. The second-order valence-electron chi connectivity index (χ2n) is 4.12. The van der Waals surface area contributed by atoms with Crippen LogP contribution in [0.2, 0.25) is 0 Å². The summed E-state index contributed by atoms with van der Waals surface area (Å²) >= 11 is 4.54. The van der Waals surface area contributed by atoms with E-state index in [9.17, 15) is 0 Å². The van der Waals surface area contributed by atoms with Gasteiger partial charge in [0.2, 0.25) is 0 Å². The lowest BCUT2D eigenvalue weighted by Gasteiger charge is -2.29. The van der Waals surface area contributed by atoms with E-state index in [0.717, 1.165) is 13.0 Å². The number of thiol groups is 1. The van der Waals surface area contributed by atoms with Crippen molar-refractivity contribution in [2.45, 2.75) is 31.6 Å². The van der Waals surface area contributed by atoms with Gasteiger partial charge < -0.3 is 5.32 Å². The van der Waals surface area contributed by atoms with Gasteiger partial charge in [-0.25, -0.2) is 0 Å². The van der Waals surface area contributed by atoms with Gasteiger partial charge in [-0.1, -0.05) is 30.7 Å². The molecule has 0 aliphatic carbocycles. The number of benzene rings is 1. The Morgan fingerprint density at radius 2 is 2.29 bits per heavy atom. The monoisotopic (exact) mass is 207 g/mol. The second kappa shape index (κ2) is 3.95. The van der Waals surface area contributed by atoms with Gasteiger partial charge >= 0.3 is 0 Å². The number of nitrogens with one attached hydrogen (secondary N) is 1. The maximum absolute atomic E-state index is 4.54. The molecule has 2 rings (SSSR count). The third-order valence-corrected chi connectivity index (χ3v) is 3.18. The predicted octanol–water partition coefficient (Wildman–Crippen LogP) is 2.50. The van der Waals surface area contributed by atoms with Crippen molar-refractivity contribution in [3.8, 4) is 0 Å². The normalized spacial score (nSPS) is 22.9. The van der Waals surface area contributed by atoms with Crippen molar-refractivity contribution in [1.29, 1.82) is 0 Å². The summed E-state index contributed by atoms with van der Waals surface area (Å²) < 4.78 is 0. The number of fused-ring (bicyclic) bond motifs is 1. The molecule has 0 saturated heterocycles. The summed E-state index contributed by atoms with van der Waals surface area (Å²) in [4.78, 5) is 0. The van der Waals surface area contributed by atoms with E-state index in [-0.39, 0.29) is 0 Å². The lowest BCUT2D eigenvalue weighted by Crippen LogP contribution is -2.34. The van der Waals surface area contributed by atoms with E-state index in [1.165, 1.54) is 16.7 Å². The van der Waals surface area contributed by atoms with Crippen molar-refractivity contribution in [2.75, 3.05) is 6.54 Å². The average Bonchev–Trinajstić information content (AvgIpc) is 2.16.